The second-order valence-corrected chi connectivity index (χ2v) is 11.5. The molecule has 30 heavy (non-hydrogen) atoms. The quantitative estimate of drug-likeness (QED) is 0.647. The van der Waals surface area contributed by atoms with E-state index in [4.69, 9.17) is 10.1 Å². The van der Waals surface area contributed by atoms with Crippen LogP contribution in [0.3, 0.4) is 0 Å². The van der Waals surface area contributed by atoms with Gasteiger partial charge in [0.1, 0.15) is 0 Å². The summed E-state index contributed by atoms with van der Waals surface area (Å²) < 4.78 is 30.5. The van der Waals surface area contributed by atoms with E-state index in [0.29, 0.717) is 11.6 Å². The number of nitrogens with two attached hydrogens (primary N) is 1. The maximum atomic E-state index is 14.3. The van der Waals surface area contributed by atoms with Crippen molar-refractivity contribution in [3.8, 4) is 0 Å². The Balaban J connectivity index is 1.68. The van der Waals surface area contributed by atoms with Gasteiger partial charge in [-0.2, -0.15) is 0 Å². The fourth-order valence-corrected chi connectivity index (χ4v) is 6.12. The minimum Gasteiger partial charge on any atom is -0.385 e. The van der Waals surface area contributed by atoms with Crippen molar-refractivity contribution in [3.05, 3.63) is 39.3 Å². The number of amides is 2. The number of hydrogen-bond donors (Lipinski definition) is 3. The number of anilines is 1. The number of rotatable bonds is 4. The van der Waals surface area contributed by atoms with Crippen molar-refractivity contribution in [3.63, 3.8) is 0 Å². The first-order valence-corrected chi connectivity index (χ1v) is 12.3. The SMILES string of the molecule is Cc1c(C2CC2)nc2c(c1NC(=O)N=S(N)(=O)c1sc(C(C)(C)O)cc1F)CCC2. The molecule has 1 fully saturated rings. The molecule has 2 aromatic heterocycles. The summed E-state index contributed by atoms with van der Waals surface area (Å²) in [7, 11) is -3.81. The Kier molecular flexibility index (Phi) is 5.24. The summed E-state index contributed by atoms with van der Waals surface area (Å²) in [5.41, 5.74) is 3.21. The molecule has 10 heteroatoms. The van der Waals surface area contributed by atoms with E-state index in [1.54, 1.807) is 0 Å². The molecule has 0 bridgehead atoms. The Morgan fingerprint density at radius 1 is 1.43 bits per heavy atom. The normalized spacial score (nSPS) is 18.1. The van der Waals surface area contributed by atoms with Gasteiger partial charge < -0.3 is 10.4 Å². The molecule has 0 saturated heterocycles. The lowest BCUT2D eigenvalue weighted by atomic mass is 10.0. The van der Waals surface area contributed by atoms with Crippen LogP contribution >= 0.6 is 11.3 Å². The van der Waals surface area contributed by atoms with Crippen LogP contribution < -0.4 is 10.5 Å². The molecule has 2 aromatic rings. The van der Waals surface area contributed by atoms with Gasteiger partial charge in [-0.3, -0.25) is 4.98 Å². The zero-order valence-corrected chi connectivity index (χ0v) is 18.8. The van der Waals surface area contributed by atoms with Crippen LogP contribution in [0.2, 0.25) is 0 Å². The Hall–Kier alpha value is -1.88. The standard InChI is InChI=1S/C20H25FN4O3S2/c1-10-16(11-7-8-11)23-14-6-4-5-12(14)17(10)24-19(26)25-30(22,28)18-13(21)9-15(29-18)20(2,3)27/h9,11,27H,4-8H2,1-3H3,(H3,22,23,24,25,26,28). The average Bonchev–Trinajstić information content (AvgIpc) is 3.20. The van der Waals surface area contributed by atoms with E-state index in [-0.39, 0.29) is 9.09 Å². The van der Waals surface area contributed by atoms with Crippen molar-refractivity contribution in [1.29, 1.82) is 0 Å². The summed E-state index contributed by atoms with van der Waals surface area (Å²) >= 11 is 0.750. The molecule has 1 atom stereocenters. The van der Waals surface area contributed by atoms with E-state index in [9.17, 15) is 18.5 Å². The number of carbonyl (C=O) groups is 1. The van der Waals surface area contributed by atoms with Crippen molar-refractivity contribution in [2.45, 2.75) is 68.6 Å². The lowest BCUT2D eigenvalue weighted by Gasteiger charge is -2.16. The Labute approximate surface area is 179 Å². The number of halogens is 1. The van der Waals surface area contributed by atoms with Gasteiger partial charge in [0, 0.05) is 22.2 Å². The van der Waals surface area contributed by atoms with Crippen LogP contribution in [0.5, 0.6) is 0 Å². The fraction of sp³-hybridized carbons (Fsp3) is 0.500. The molecule has 1 saturated carbocycles. The van der Waals surface area contributed by atoms with Crippen LogP contribution in [0, 0.1) is 12.7 Å². The summed E-state index contributed by atoms with van der Waals surface area (Å²) in [6.45, 7) is 4.88. The molecule has 1 unspecified atom stereocenters. The van der Waals surface area contributed by atoms with Gasteiger partial charge in [-0.25, -0.2) is 18.5 Å². The Morgan fingerprint density at radius 2 is 2.13 bits per heavy atom. The van der Waals surface area contributed by atoms with Crippen LogP contribution in [-0.2, 0) is 28.4 Å². The van der Waals surface area contributed by atoms with Crippen LogP contribution in [0.1, 0.15) is 66.4 Å². The van der Waals surface area contributed by atoms with Crippen molar-refractivity contribution in [1.82, 2.24) is 4.98 Å². The van der Waals surface area contributed by atoms with E-state index in [2.05, 4.69) is 9.68 Å². The monoisotopic (exact) mass is 452 g/mol. The van der Waals surface area contributed by atoms with Gasteiger partial charge in [0.15, 0.2) is 19.9 Å². The number of hydrogen-bond acceptors (Lipinski definition) is 5. The second-order valence-electron chi connectivity index (χ2n) is 8.45. The van der Waals surface area contributed by atoms with Crippen LogP contribution in [0.25, 0.3) is 0 Å². The second kappa shape index (κ2) is 7.37. The fourth-order valence-electron chi connectivity index (χ4n) is 3.77. The van der Waals surface area contributed by atoms with Crippen LogP contribution in [-0.4, -0.2) is 20.3 Å². The topological polar surface area (TPSA) is 118 Å². The molecule has 4 N–H and O–H groups in total. The summed E-state index contributed by atoms with van der Waals surface area (Å²) in [5.74, 6) is -0.430. The van der Waals surface area contributed by atoms with Gasteiger partial charge in [0.2, 0.25) is 0 Å². The van der Waals surface area contributed by atoms with E-state index < -0.39 is 27.4 Å². The van der Waals surface area contributed by atoms with Gasteiger partial charge in [-0.15, -0.1) is 15.7 Å². The number of pyridine rings is 1. The Bertz CT molecular complexity index is 1160. The predicted octanol–water partition coefficient (Wildman–Crippen LogP) is 4.12. The molecular formula is C20H25FN4O3S2. The molecule has 4 rings (SSSR count). The minimum atomic E-state index is -3.81. The first-order chi connectivity index (χ1) is 14.0. The lowest BCUT2D eigenvalue weighted by molar-refractivity contribution is 0.0823. The molecule has 2 aliphatic carbocycles. The predicted molar refractivity (Wildman–Crippen MR) is 115 cm³/mol. The molecular weight excluding hydrogens is 427 g/mol. The number of nitrogens with one attached hydrogen (secondary N) is 1. The highest BCUT2D eigenvalue weighted by atomic mass is 32.2. The maximum absolute atomic E-state index is 14.3. The van der Waals surface area contributed by atoms with Crippen molar-refractivity contribution in [2.24, 2.45) is 9.50 Å². The van der Waals surface area contributed by atoms with Gasteiger partial charge in [-0.1, -0.05) is 0 Å². The van der Waals surface area contributed by atoms with Crippen molar-refractivity contribution >= 4 is 33.0 Å². The molecule has 2 aliphatic rings. The van der Waals surface area contributed by atoms with Crippen molar-refractivity contribution in [2.75, 3.05) is 5.32 Å². The highest BCUT2D eigenvalue weighted by Crippen LogP contribution is 2.44. The number of thiophene rings is 1. The Morgan fingerprint density at radius 3 is 2.73 bits per heavy atom. The van der Waals surface area contributed by atoms with E-state index in [0.717, 1.165) is 72.0 Å². The summed E-state index contributed by atoms with van der Waals surface area (Å²) in [5, 5.41) is 18.6. The third-order valence-electron chi connectivity index (χ3n) is 5.44. The van der Waals surface area contributed by atoms with Crippen molar-refractivity contribution < 1.29 is 18.5 Å². The molecule has 162 valence electrons. The number of aliphatic hydroxyl groups is 1. The highest BCUT2D eigenvalue weighted by molar-refractivity contribution is 7.93. The van der Waals surface area contributed by atoms with Gasteiger partial charge in [0.25, 0.3) is 0 Å². The molecule has 0 aliphatic heterocycles. The number of carbonyl (C=O) groups excluding carboxylic acids is 1. The number of urea groups is 1. The molecule has 0 spiro atoms. The third-order valence-corrected chi connectivity index (χ3v) is 8.79. The zero-order chi connectivity index (χ0) is 21.8. The largest absolute Gasteiger partial charge is 0.385 e. The number of nitrogens with zero attached hydrogens (tertiary/aromatic N) is 2. The molecule has 2 amide bonds. The van der Waals surface area contributed by atoms with Crippen LogP contribution in [0.4, 0.5) is 14.9 Å². The number of aryl methyl sites for hydroxylation is 1. The maximum Gasteiger partial charge on any atom is 0.354 e. The van der Waals surface area contributed by atoms with E-state index in [1.165, 1.54) is 13.8 Å². The van der Waals surface area contributed by atoms with E-state index in [1.807, 2.05) is 6.92 Å². The highest BCUT2D eigenvalue weighted by Gasteiger charge is 2.31. The summed E-state index contributed by atoms with van der Waals surface area (Å²) in [6.07, 6.45) is 4.80. The van der Waals surface area contributed by atoms with Gasteiger partial charge in [-0.05, 0) is 70.1 Å². The van der Waals surface area contributed by atoms with E-state index >= 15 is 0 Å². The molecule has 2 heterocycles. The van der Waals surface area contributed by atoms with Gasteiger partial charge >= 0.3 is 6.03 Å². The molecule has 0 aromatic carbocycles. The van der Waals surface area contributed by atoms with Crippen LogP contribution in [0.15, 0.2) is 14.6 Å². The lowest BCUT2D eigenvalue weighted by Crippen LogP contribution is -2.19. The first kappa shape index (κ1) is 21.4. The van der Waals surface area contributed by atoms with Gasteiger partial charge in [0.05, 0.1) is 11.3 Å². The zero-order valence-electron chi connectivity index (χ0n) is 17.1. The average molecular weight is 453 g/mol. The minimum absolute atomic E-state index is 0.251. The number of fused-ring (bicyclic) bond motifs is 1. The summed E-state index contributed by atoms with van der Waals surface area (Å²) in [4.78, 5) is 17.7. The first-order valence-electron chi connectivity index (χ1n) is 9.87. The smallest absolute Gasteiger partial charge is 0.354 e. The molecule has 0 radical (unpaired) electrons. The molecule has 7 nitrogen and oxygen atoms in total. The number of aromatic nitrogens is 1. The summed E-state index contributed by atoms with van der Waals surface area (Å²) in [6, 6.07) is 0.187. The third kappa shape index (κ3) is 4.01.